The van der Waals surface area contributed by atoms with E-state index in [1.165, 1.54) is 5.69 Å². The van der Waals surface area contributed by atoms with Crippen molar-refractivity contribution in [1.29, 1.82) is 0 Å². The van der Waals surface area contributed by atoms with Gasteiger partial charge in [-0.15, -0.1) is 5.10 Å². The molecule has 1 aliphatic rings. The molecule has 0 saturated heterocycles. The van der Waals surface area contributed by atoms with Gasteiger partial charge in [-0.2, -0.15) is 0 Å². The molecule has 0 aromatic carbocycles. The molecule has 5 heteroatoms. The lowest BCUT2D eigenvalue weighted by atomic mass is 10.3. The van der Waals surface area contributed by atoms with Crippen LogP contribution in [0, 0.1) is 0 Å². The summed E-state index contributed by atoms with van der Waals surface area (Å²) in [4.78, 5) is 2.39. The number of fused-ring (bicyclic) bond motifs is 1. The Balaban J connectivity index is 1.86. The van der Waals surface area contributed by atoms with Crippen LogP contribution >= 0.6 is 0 Å². The summed E-state index contributed by atoms with van der Waals surface area (Å²) in [6.07, 6.45) is 4.10. The van der Waals surface area contributed by atoms with Crippen LogP contribution in [0.3, 0.4) is 0 Å². The Kier molecular flexibility index (Phi) is 6.21. The van der Waals surface area contributed by atoms with Crippen LogP contribution in [0.5, 0.6) is 5.88 Å². The molecule has 0 N–H and O–H groups in total. The Hall–Kier alpha value is -1.59. The summed E-state index contributed by atoms with van der Waals surface area (Å²) in [7, 11) is 0. The van der Waals surface area contributed by atoms with Crippen LogP contribution in [0.2, 0.25) is 0 Å². The second-order valence-electron chi connectivity index (χ2n) is 5.75. The van der Waals surface area contributed by atoms with Crippen molar-refractivity contribution in [2.24, 2.45) is 0 Å². The van der Waals surface area contributed by atoms with E-state index in [0.717, 1.165) is 38.4 Å². The molecule has 5 nitrogen and oxygen atoms in total. The average molecular weight is 305 g/mol. The van der Waals surface area contributed by atoms with Gasteiger partial charge in [-0.05, 0) is 26.3 Å². The summed E-state index contributed by atoms with van der Waals surface area (Å²) in [6, 6.07) is 2.03. The standard InChI is InChI=1S/C17H27N3O2/c1-5-15(6-2)13-22-17-11-16-12-19(7-8-20(16)18-17)9-10-21-14(3)4/h5-6,11,14H,1,7-10,12-13H2,2-4H3/b15-6+. The zero-order valence-electron chi connectivity index (χ0n) is 13.9. The van der Waals surface area contributed by atoms with Crippen LogP contribution < -0.4 is 4.74 Å². The molecule has 2 rings (SSSR count). The predicted molar refractivity (Wildman–Crippen MR) is 88.0 cm³/mol. The average Bonchev–Trinajstić information content (AvgIpc) is 2.90. The third kappa shape index (κ3) is 4.71. The molecule has 1 aliphatic heterocycles. The summed E-state index contributed by atoms with van der Waals surface area (Å²) < 4.78 is 13.4. The molecule has 122 valence electrons. The maximum absolute atomic E-state index is 5.74. The van der Waals surface area contributed by atoms with Gasteiger partial charge in [0, 0.05) is 25.7 Å². The van der Waals surface area contributed by atoms with E-state index in [-0.39, 0.29) is 0 Å². The van der Waals surface area contributed by atoms with Crippen LogP contribution in [0.1, 0.15) is 26.5 Å². The number of allylic oxidation sites excluding steroid dienone is 1. The van der Waals surface area contributed by atoms with Crippen molar-refractivity contribution in [3.8, 4) is 5.88 Å². The first-order valence-corrected chi connectivity index (χ1v) is 7.93. The van der Waals surface area contributed by atoms with Crippen molar-refractivity contribution in [2.75, 3.05) is 26.3 Å². The first-order chi connectivity index (χ1) is 10.6. The Morgan fingerprint density at radius 2 is 2.27 bits per heavy atom. The molecule has 0 bridgehead atoms. The normalized spacial score (nSPS) is 15.9. The fourth-order valence-corrected chi connectivity index (χ4v) is 2.39. The maximum atomic E-state index is 5.74. The topological polar surface area (TPSA) is 39.5 Å². The zero-order chi connectivity index (χ0) is 15.9. The van der Waals surface area contributed by atoms with Gasteiger partial charge in [-0.25, -0.2) is 0 Å². The maximum Gasteiger partial charge on any atom is 0.233 e. The molecule has 0 saturated carbocycles. The van der Waals surface area contributed by atoms with Crippen LogP contribution in [0.15, 0.2) is 30.4 Å². The minimum absolute atomic E-state index is 0.293. The van der Waals surface area contributed by atoms with Crippen LogP contribution in [-0.2, 0) is 17.8 Å². The molecule has 0 fully saturated rings. The lowest BCUT2D eigenvalue weighted by Crippen LogP contribution is -2.36. The third-order valence-electron chi connectivity index (χ3n) is 3.73. The molecule has 1 aromatic rings. The Bertz CT molecular complexity index is 520. The third-order valence-corrected chi connectivity index (χ3v) is 3.73. The van der Waals surface area contributed by atoms with Crippen LogP contribution in [0.25, 0.3) is 0 Å². The Labute approximate surface area is 133 Å². The quantitative estimate of drug-likeness (QED) is 0.692. The number of rotatable bonds is 8. The Morgan fingerprint density at radius 1 is 1.45 bits per heavy atom. The molecule has 0 spiro atoms. The van der Waals surface area contributed by atoms with Gasteiger partial charge in [0.1, 0.15) is 6.61 Å². The minimum Gasteiger partial charge on any atom is -0.472 e. The summed E-state index contributed by atoms with van der Waals surface area (Å²) in [5, 5.41) is 4.51. The van der Waals surface area contributed by atoms with E-state index < -0.39 is 0 Å². The molecule has 0 atom stereocenters. The van der Waals surface area contributed by atoms with Crippen molar-refractivity contribution >= 4 is 0 Å². The molecule has 1 aromatic heterocycles. The van der Waals surface area contributed by atoms with Gasteiger partial charge in [0.15, 0.2) is 0 Å². The van der Waals surface area contributed by atoms with Crippen molar-refractivity contribution in [1.82, 2.24) is 14.7 Å². The fourth-order valence-electron chi connectivity index (χ4n) is 2.39. The number of nitrogens with zero attached hydrogens (tertiary/aromatic N) is 3. The number of hydrogen-bond donors (Lipinski definition) is 0. The zero-order valence-corrected chi connectivity index (χ0v) is 13.9. The van der Waals surface area contributed by atoms with E-state index in [1.807, 2.05) is 29.8 Å². The second kappa shape index (κ2) is 8.15. The van der Waals surface area contributed by atoms with E-state index in [9.17, 15) is 0 Å². The van der Waals surface area contributed by atoms with Gasteiger partial charge < -0.3 is 9.47 Å². The van der Waals surface area contributed by atoms with Crippen LogP contribution in [-0.4, -0.2) is 47.1 Å². The predicted octanol–water partition coefficient (Wildman–Crippen LogP) is 2.63. The van der Waals surface area contributed by atoms with Crippen molar-refractivity contribution < 1.29 is 9.47 Å². The highest BCUT2D eigenvalue weighted by molar-refractivity contribution is 5.20. The smallest absolute Gasteiger partial charge is 0.233 e. The van der Waals surface area contributed by atoms with Gasteiger partial charge in [-0.1, -0.05) is 18.7 Å². The van der Waals surface area contributed by atoms with Gasteiger partial charge in [-0.3, -0.25) is 9.58 Å². The summed E-state index contributed by atoms with van der Waals surface area (Å²) in [6.45, 7) is 14.9. The highest BCUT2D eigenvalue weighted by Crippen LogP contribution is 2.18. The molecule has 22 heavy (non-hydrogen) atoms. The number of ether oxygens (including phenoxy) is 2. The lowest BCUT2D eigenvalue weighted by Gasteiger charge is -2.27. The molecule has 0 amide bonds. The first-order valence-electron chi connectivity index (χ1n) is 7.93. The summed E-state index contributed by atoms with van der Waals surface area (Å²) in [5.74, 6) is 0.691. The van der Waals surface area contributed by atoms with E-state index in [0.29, 0.717) is 18.6 Å². The van der Waals surface area contributed by atoms with Crippen molar-refractivity contribution in [2.45, 2.75) is 40.0 Å². The number of aromatic nitrogens is 2. The molecular weight excluding hydrogens is 278 g/mol. The molecule has 0 unspecified atom stereocenters. The van der Waals surface area contributed by atoms with E-state index in [2.05, 4.69) is 30.4 Å². The van der Waals surface area contributed by atoms with Crippen molar-refractivity contribution in [3.63, 3.8) is 0 Å². The second-order valence-corrected chi connectivity index (χ2v) is 5.75. The first kappa shape index (κ1) is 16.8. The van der Waals surface area contributed by atoms with Crippen LogP contribution in [0.4, 0.5) is 0 Å². The molecule has 0 radical (unpaired) electrons. The van der Waals surface area contributed by atoms with Crippen molar-refractivity contribution in [3.05, 3.63) is 36.1 Å². The van der Waals surface area contributed by atoms with Gasteiger partial charge in [0.25, 0.3) is 0 Å². The van der Waals surface area contributed by atoms with Gasteiger partial charge in [0.05, 0.1) is 24.9 Å². The van der Waals surface area contributed by atoms with E-state index >= 15 is 0 Å². The fraction of sp³-hybridized carbons (Fsp3) is 0.588. The highest BCUT2D eigenvalue weighted by Gasteiger charge is 2.18. The van der Waals surface area contributed by atoms with E-state index in [1.54, 1.807) is 0 Å². The summed E-state index contributed by atoms with van der Waals surface area (Å²) >= 11 is 0. The molecule has 0 aliphatic carbocycles. The highest BCUT2D eigenvalue weighted by atomic mass is 16.5. The molecule has 2 heterocycles. The summed E-state index contributed by atoms with van der Waals surface area (Å²) in [5.41, 5.74) is 2.27. The van der Waals surface area contributed by atoms with E-state index in [4.69, 9.17) is 9.47 Å². The van der Waals surface area contributed by atoms with Gasteiger partial charge >= 0.3 is 0 Å². The monoisotopic (exact) mass is 305 g/mol. The lowest BCUT2D eigenvalue weighted by molar-refractivity contribution is 0.0527. The van der Waals surface area contributed by atoms with Gasteiger partial charge in [0.2, 0.25) is 5.88 Å². The SMILES string of the molecule is C=C/C(=C\C)COc1cc2n(n1)CCN(CCOC(C)C)C2. The minimum atomic E-state index is 0.293. The number of hydrogen-bond acceptors (Lipinski definition) is 4. The largest absolute Gasteiger partial charge is 0.472 e. The Morgan fingerprint density at radius 3 is 2.95 bits per heavy atom. The molecular formula is C17H27N3O2.